The minimum absolute atomic E-state index is 0.183. The Morgan fingerprint density at radius 2 is 2.14 bits per heavy atom. The van der Waals surface area contributed by atoms with Gasteiger partial charge in [0.15, 0.2) is 4.77 Å². The standard InChI is InChI=1S/C20H23N3O4S/c1-13(2)22(12-15-5-4-10-27-15)8-9-23-18(24)16-7-6-14(19(25)26-3)11-17(16)21-20(23)28/h4-7,10-11,13H,8-9,12H2,1-3H3,(H,21,28). The zero-order chi connectivity index (χ0) is 20.3. The van der Waals surface area contributed by atoms with Crippen molar-refractivity contribution in [2.45, 2.75) is 33.0 Å². The van der Waals surface area contributed by atoms with E-state index < -0.39 is 5.97 Å². The van der Waals surface area contributed by atoms with Crippen LogP contribution in [0.1, 0.15) is 30.0 Å². The second-order valence-electron chi connectivity index (χ2n) is 6.78. The molecule has 3 aromatic rings. The summed E-state index contributed by atoms with van der Waals surface area (Å²) in [6.07, 6.45) is 1.65. The van der Waals surface area contributed by atoms with Crippen molar-refractivity contribution in [3.63, 3.8) is 0 Å². The second kappa shape index (κ2) is 8.53. The number of methoxy groups -OCH3 is 1. The van der Waals surface area contributed by atoms with Gasteiger partial charge in [0.05, 0.1) is 36.4 Å². The third kappa shape index (κ3) is 4.23. The number of carbonyl (C=O) groups excluding carboxylic acids is 1. The summed E-state index contributed by atoms with van der Waals surface area (Å²) in [5.41, 5.74) is 0.699. The number of aromatic amines is 1. The maximum Gasteiger partial charge on any atom is 0.337 e. The van der Waals surface area contributed by atoms with E-state index >= 15 is 0 Å². The first-order valence-electron chi connectivity index (χ1n) is 9.02. The maximum atomic E-state index is 12.9. The number of hydrogen-bond acceptors (Lipinski definition) is 6. The molecule has 0 aliphatic rings. The van der Waals surface area contributed by atoms with Crippen molar-refractivity contribution in [1.29, 1.82) is 0 Å². The minimum atomic E-state index is -0.462. The molecule has 1 aromatic carbocycles. The number of furan rings is 1. The maximum absolute atomic E-state index is 12.9. The molecule has 0 aliphatic heterocycles. The van der Waals surface area contributed by atoms with Gasteiger partial charge in [0.25, 0.3) is 5.56 Å². The van der Waals surface area contributed by atoms with Crippen molar-refractivity contribution in [3.05, 3.63) is 63.0 Å². The van der Waals surface area contributed by atoms with Crippen LogP contribution < -0.4 is 5.56 Å². The number of H-pyrrole nitrogens is 1. The monoisotopic (exact) mass is 401 g/mol. The summed E-state index contributed by atoms with van der Waals surface area (Å²) < 4.78 is 12.0. The first kappa shape index (κ1) is 20.0. The molecule has 1 N–H and O–H groups in total. The molecule has 0 atom stereocenters. The molecule has 0 saturated carbocycles. The van der Waals surface area contributed by atoms with Gasteiger partial charge in [-0.2, -0.15) is 0 Å². The van der Waals surface area contributed by atoms with E-state index in [2.05, 4.69) is 23.7 Å². The topological polar surface area (TPSA) is 80.5 Å². The second-order valence-corrected chi connectivity index (χ2v) is 7.17. The fraction of sp³-hybridized carbons (Fsp3) is 0.350. The Labute approximate surface area is 167 Å². The van der Waals surface area contributed by atoms with E-state index in [4.69, 9.17) is 21.4 Å². The summed E-state index contributed by atoms with van der Waals surface area (Å²) in [6, 6.07) is 8.85. The van der Waals surface area contributed by atoms with E-state index in [1.807, 2.05) is 12.1 Å². The van der Waals surface area contributed by atoms with Crippen LogP contribution in [0.25, 0.3) is 10.9 Å². The van der Waals surface area contributed by atoms with Gasteiger partial charge in [-0.15, -0.1) is 0 Å². The molecule has 28 heavy (non-hydrogen) atoms. The van der Waals surface area contributed by atoms with Gasteiger partial charge in [-0.25, -0.2) is 4.79 Å². The highest BCUT2D eigenvalue weighted by Gasteiger charge is 2.14. The van der Waals surface area contributed by atoms with Crippen LogP contribution in [0.5, 0.6) is 0 Å². The summed E-state index contributed by atoms with van der Waals surface area (Å²) in [7, 11) is 1.32. The van der Waals surface area contributed by atoms with Crippen molar-refractivity contribution in [3.8, 4) is 0 Å². The van der Waals surface area contributed by atoms with E-state index in [1.165, 1.54) is 7.11 Å². The van der Waals surface area contributed by atoms with Crippen LogP contribution in [-0.2, 0) is 17.8 Å². The molecule has 3 rings (SSSR count). The number of nitrogens with one attached hydrogen (secondary N) is 1. The number of carbonyl (C=O) groups is 1. The zero-order valence-corrected chi connectivity index (χ0v) is 16.9. The lowest BCUT2D eigenvalue weighted by Gasteiger charge is -2.25. The van der Waals surface area contributed by atoms with Gasteiger partial charge in [-0.3, -0.25) is 14.3 Å². The number of aromatic nitrogens is 2. The molecule has 0 amide bonds. The van der Waals surface area contributed by atoms with Crippen molar-refractivity contribution in [2.75, 3.05) is 13.7 Å². The highest BCUT2D eigenvalue weighted by atomic mass is 32.1. The van der Waals surface area contributed by atoms with E-state index in [9.17, 15) is 9.59 Å². The Bertz CT molecular complexity index is 1080. The van der Waals surface area contributed by atoms with Crippen LogP contribution in [0.15, 0.2) is 45.8 Å². The normalized spacial score (nSPS) is 11.5. The van der Waals surface area contributed by atoms with Crippen molar-refractivity contribution in [1.82, 2.24) is 14.5 Å². The lowest BCUT2D eigenvalue weighted by molar-refractivity contribution is 0.0601. The Morgan fingerprint density at radius 3 is 2.79 bits per heavy atom. The van der Waals surface area contributed by atoms with Gasteiger partial charge in [-0.1, -0.05) is 0 Å². The van der Waals surface area contributed by atoms with Crippen LogP contribution in [0.2, 0.25) is 0 Å². The molecule has 8 heteroatoms. The summed E-state index contributed by atoms with van der Waals surface area (Å²) >= 11 is 5.39. The molecular weight excluding hydrogens is 378 g/mol. The predicted octanol–water partition coefficient (Wildman–Crippen LogP) is 3.35. The summed E-state index contributed by atoms with van der Waals surface area (Å²) in [5, 5.41) is 0.475. The van der Waals surface area contributed by atoms with Gasteiger partial charge in [-0.05, 0) is 56.4 Å². The average molecular weight is 401 g/mol. The van der Waals surface area contributed by atoms with Crippen LogP contribution >= 0.6 is 12.2 Å². The van der Waals surface area contributed by atoms with Gasteiger partial charge < -0.3 is 14.1 Å². The molecule has 7 nitrogen and oxygen atoms in total. The van der Waals surface area contributed by atoms with Crippen molar-refractivity contribution < 1.29 is 13.9 Å². The van der Waals surface area contributed by atoms with Crippen LogP contribution in [0.3, 0.4) is 0 Å². The van der Waals surface area contributed by atoms with Gasteiger partial charge in [0.1, 0.15) is 5.76 Å². The lowest BCUT2D eigenvalue weighted by Crippen LogP contribution is -2.35. The van der Waals surface area contributed by atoms with E-state index in [1.54, 1.807) is 29.0 Å². The molecule has 0 radical (unpaired) electrons. The molecule has 2 heterocycles. The Morgan fingerprint density at radius 1 is 1.36 bits per heavy atom. The number of nitrogens with zero attached hydrogens (tertiary/aromatic N) is 2. The van der Waals surface area contributed by atoms with Crippen LogP contribution in [-0.4, -0.2) is 40.1 Å². The molecule has 0 bridgehead atoms. The first-order valence-corrected chi connectivity index (χ1v) is 9.43. The Balaban J connectivity index is 1.87. The SMILES string of the molecule is COC(=O)c1ccc2c(=O)n(CCN(Cc3ccco3)C(C)C)c(=S)[nH]c2c1. The lowest BCUT2D eigenvalue weighted by atomic mass is 10.1. The van der Waals surface area contributed by atoms with Crippen molar-refractivity contribution in [2.24, 2.45) is 0 Å². The molecular formula is C20H23N3O4S. The fourth-order valence-corrected chi connectivity index (χ4v) is 3.34. The summed E-state index contributed by atoms with van der Waals surface area (Å²) in [4.78, 5) is 29.9. The number of benzene rings is 1. The minimum Gasteiger partial charge on any atom is -0.468 e. The first-order chi connectivity index (χ1) is 13.4. The van der Waals surface area contributed by atoms with Gasteiger partial charge in [0, 0.05) is 19.1 Å². The molecule has 0 aliphatic carbocycles. The highest BCUT2D eigenvalue weighted by molar-refractivity contribution is 7.71. The molecule has 2 aromatic heterocycles. The molecule has 0 saturated heterocycles. The zero-order valence-electron chi connectivity index (χ0n) is 16.1. The van der Waals surface area contributed by atoms with Crippen molar-refractivity contribution >= 4 is 29.1 Å². The summed E-state index contributed by atoms with van der Waals surface area (Å²) in [6.45, 7) is 5.94. The molecule has 0 unspecified atom stereocenters. The van der Waals surface area contributed by atoms with E-state index in [0.29, 0.717) is 40.9 Å². The number of ether oxygens (including phenoxy) is 1. The largest absolute Gasteiger partial charge is 0.468 e. The average Bonchev–Trinajstić information content (AvgIpc) is 3.18. The summed E-state index contributed by atoms with van der Waals surface area (Å²) in [5.74, 6) is 0.413. The quantitative estimate of drug-likeness (QED) is 0.483. The van der Waals surface area contributed by atoms with E-state index in [0.717, 1.165) is 5.76 Å². The van der Waals surface area contributed by atoms with Crippen LogP contribution in [0, 0.1) is 4.77 Å². The highest BCUT2D eigenvalue weighted by Crippen LogP contribution is 2.13. The Kier molecular flexibility index (Phi) is 6.11. The number of fused-ring (bicyclic) bond motifs is 1. The third-order valence-electron chi connectivity index (χ3n) is 4.68. The molecule has 0 fully saturated rings. The number of esters is 1. The fourth-order valence-electron chi connectivity index (χ4n) is 3.05. The van der Waals surface area contributed by atoms with Gasteiger partial charge in [0.2, 0.25) is 0 Å². The number of rotatable bonds is 7. The third-order valence-corrected chi connectivity index (χ3v) is 5.01. The van der Waals surface area contributed by atoms with Gasteiger partial charge >= 0.3 is 5.97 Å². The molecule has 0 spiro atoms. The van der Waals surface area contributed by atoms with Crippen LogP contribution in [0.4, 0.5) is 0 Å². The predicted molar refractivity (Wildman–Crippen MR) is 109 cm³/mol. The van der Waals surface area contributed by atoms with E-state index in [-0.39, 0.29) is 11.6 Å². The number of hydrogen-bond donors (Lipinski definition) is 1. The smallest absolute Gasteiger partial charge is 0.337 e. The molecule has 148 valence electrons. The Hall–Kier alpha value is -2.71.